The van der Waals surface area contributed by atoms with E-state index in [4.69, 9.17) is 0 Å². The average Bonchev–Trinajstić information content (AvgIpc) is 2.65. The minimum Gasteiger partial charge on any atom is -0.391 e. The Kier molecular flexibility index (Phi) is 4.33. The van der Waals surface area contributed by atoms with Crippen LogP contribution in [0, 0.1) is 0 Å². The molecule has 1 unspecified atom stereocenters. The lowest BCUT2D eigenvalue weighted by molar-refractivity contribution is 0.0176. The maximum atomic E-state index is 10.3. The third kappa shape index (κ3) is 3.30. The summed E-state index contributed by atoms with van der Waals surface area (Å²) in [6, 6.07) is 2.34. The van der Waals surface area contributed by atoms with Crippen molar-refractivity contribution < 1.29 is 5.11 Å². The van der Waals surface area contributed by atoms with E-state index in [-0.39, 0.29) is 5.54 Å². The molecule has 0 amide bonds. The van der Waals surface area contributed by atoms with Gasteiger partial charge in [0, 0.05) is 24.2 Å². The highest BCUT2D eigenvalue weighted by molar-refractivity contribution is 5.04. The molecule has 0 saturated heterocycles. The van der Waals surface area contributed by atoms with E-state index in [0.29, 0.717) is 12.5 Å². The standard InChI is InChI=1S/C13H25N3O/c1-10(2)16-8-7-11(14-16)9-12(17)13(3,4)15(5)6/h7-8,10,12,17H,9H2,1-6H3. The van der Waals surface area contributed by atoms with Crippen molar-refractivity contribution in [2.75, 3.05) is 14.1 Å². The van der Waals surface area contributed by atoms with Gasteiger partial charge in [0.05, 0.1) is 11.8 Å². The Hall–Kier alpha value is -0.870. The van der Waals surface area contributed by atoms with Gasteiger partial charge in [-0.15, -0.1) is 0 Å². The third-order valence-electron chi connectivity index (χ3n) is 3.56. The maximum absolute atomic E-state index is 10.3. The molecule has 1 aromatic rings. The predicted octanol–water partition coefficient (Wildman–Crippen LogP) is 1.71. The molecule has 1 heterocycles. The van der Waals surface area contributed by atoms with Gasteiger partial charge in [0.1, 0.15) is 0 Å². The van der Waals surface area contributed by atoms with Crippen LogP contribution in [0.25, 0.3) is 0 Å². The summed E-state index contributed by atoms with van der Waals surface area (Å²) in [5.41, 5.74) is 0.697. The summed E-state index contributed by atoms with van der Waals surface area (Å²) in [6.45, 7) is 8.27. The second-order valence-electron chi connectivity index (χ2n) is 5.65. The Labute approximate surface area is 104 Å². The fourth-order valence-electron chi connectivity index (χ4n) is 1.52. The van der Waals surface area contributed by atoms with E-state index in [1.54, 1.807) is 0 Å². The first-order valence-electron chi connectivity index (χ1n) is 6.14. The summed E-state index contributed by atoms with van der Waals surface area (Å²) in [7, 11) is 3.96. The summed E-state index contributed by atoms with van der Waals surface area (Å²) in [5.74, 6) is 0. The Bertz CT molecular complexity index is 355. The summed E-state index contributed by atoms with van der Waals surface area (Å²) in [4.78, 5) is 2.04. The molecule has 4 heteroatoms. The molecule has 1 aromatic heterocycles. The molecule has 0 aliphatic heterocycles. The Morgan fingerprint density at radius 3 is 2.41 bits per heavy atom. The smallest absolute Gasteiger partial charge is 0.0774 e. The van der Waals surface area contributed by atoms with Crippen LogP contribution in [0.1, 0.15) is 39.4 Å². The molecule has 1 atom stereocenters. The van der Waals surface area contributed by atoms with Crippen molar-refractivity contribution in [3.63, 3.8) is 0 Å². The van der Waals surface area contributed by atoms with Crippen molar-refractivity contribution in [1.29, 1.82) is 0 Å². The van der Waals surface area contributed by atoms with Crippen LogP contribution >= 0.6 is 0 Å². The molecule has 0 spiro atoms. The van der Waals surface area contributed by atoms with Gasteiger partial charge in [-0.2, -0.15) is 5.10 Å². The van der Waals surface area contributed by atoms with Gasteiger partial charge in [-0.25, -0.2) is 0 Å². The maximum Gasteiger partial charge on any atom is 0.0774 e. The third-order valence-corrected chi connectivity index (χ3v) is 3.56. The number of hydrogen-bond acceptors (Lipinski definition) is 3. The monoisotopic (exact) mass is 239 g/mol. The SMILES string of the molecule is CC(C)n1ccc(CC(O)C(C)(C)N(C)C)n1. The number of nitrogens with zero attached hydrogens (tertiary/aromatic N) is 3. The molecule has 0 radical (unpaired) electrons. The van der Waals surface area contributed by atoms with Gasteiger partial charge in [-0.3, -0.25) is 4.68 Å². The van der Waals surface area contributed by atoms with E-state index in [0.717, 1.165) is 5.69 Å². The van der Waals surface area contributed by atoms with Crippen LogP contribution < -0.4 is 0 Å². The van der Waals surface area contributed by atoms with Crippen molar-refractivity contribution in [3.05, 3.63) is 18.0 Å². The van der Waals surface area contributed by atoms with Crippen molar-refractivity contribution in [2.45, 2.75) is 51.8 Å². The molecule has 0 aromatic carbocycles. The van der Waals surface area contributed by atoms with E-state index >= 15 is 0 Å². The quantitative estimate of drug-likeness (QED) is 0.850. The second kappa shape index (κ2) is 5.19. The van der Waals surface area contributed by atoms with Crippen molar-refractivity contribution in [1.82, 2.24) is 14.7 Å². The molecule has 98 valence electrons. The number of aliphatic hydroxyl groups is 1. The van der Waals surface area contributed by atoms with E-state index in [2.05, 4.69) is 18.9 Å². The Morgan fingerprint density at radius 2 is 2.00 bits per heavy atom. The lowest BCUT2D eigenvalue weighted by Crippen LogP contribution is -2.49. The van der Waals surface area contributed by atoms with Crippen LogP contribution in [0.5, 0.6) is 0 Å². The zero-order chi connectivity index (χ0) is 13.2. The van der Waals surface area contributed by atoms with Crippen LogP contribution in [-0.2, 0) is 6.42 Å². The van der Waals surface area contributed by atoms with E-state index < -0.39 is 6.10 Å². The summed E-state index contributed by atoms with van der Waals surface area (Å²) in [6.07, 6.45) is 2.13. The molecule has 1 N–H and O–H groups in total. The largest absolute Gasteiger partial charge is 0.391 e. The lowest BCUT2D eigenvalue weighted by atomic mass is 9.92. The highest BCUT2D eigenvalue weighted by atomic mass is 16.3. The molecule has 0 aliphatic rings. The van der Waals surface area contributed by atoms with Crippen LogP contribution in [0.3, 0.4) is 0 Å². The van der Waals surface area contributed by atoms with Gasteiger partial charge < -0.3 is 10.0 Å². The first-order valence-corrected chi connectivity index (χ1v) is 6.14. The molecule has 17 heavy (non-hydrogen) atoms. The van der Waals surface area contributed by atoms with Crippen LogP contribution in [-0.4, -0.2) is 45.5 Å². The van der Waals surface area contributed by atoms with E-state index in [9.17, 15) is 5.11 Å². The number of hydrogen-bond donors (Lipinski definition) is 1. The van der Waals surface area contributed by atoms with Gasteiger partial charge in [-0.1, -0.05) is 0 Å². The topological polar surface area (TPSA) is 41.3 Å². The van der Waals surface area contributed by atoms with Crippen LogP contribution in [0.4, 0.5) is 0 Å². The highest BCUT2D eigenvalue weighted by Gasteiger charge is 2.30. The average molecular weight is 239 g/mol. The van der Waals surface area contributed by atoms with Crippen molar-refractivity contribution >= 4 is 0 Å². The van der Waals surface area contributed by atoms with Crippen molar-refractivity contribution in [3.8, 4) is 0 Å². The van der Waals surface area contributed by atoms with Gasteiger partial charge in [0.15, 0.2) is 0 Å². The molecule has 4 nitrogen and oxygen atoms in total. The summed E-state index contributed by atoms with van der Waals surface area (Å²) < 4.78 is 1.92. The summed E-state index contributed by atoms with van der Waals surface area (Å²) in [5, 5.41) is 14.7. The number of aliphatic hydroxyl groups excluding tert-OH is 1. The minimum absolute atomic E-state index is 0.248. The second-order valence-corrected chi connectivity index (χ2v) is 5.65. The number of rotatable bonds is 5. The molecular weight excluding hydrogens is 214 g/mol. The lowest BCUT2D eigenvalue weighted by Gasteiger charge is -2.36. The fraction of sp³-hybridized carbons (Fsp3) is 0.769. The molecule has 1 rings (SSSR count). The molecule has 0 saturated carbocycles. The van der Waals surface area contributed by atoms with Gasteiger partial charge in [0.2, 0.25) is 0 Å². The first-order chi connectivity index (χ1) is 7.75. The fourth-order valence-corrected chi connectivity index (χ4v) is 1.52. The van der Waals surface area contributed by atoms with Gasteiger partial charge in [0.25, 0.3) is 0 Å². The Morgan fingerprint density at radius 1 is 1.41 bits per heavy atom. The van der Waals surface area contributed by atoms with E-state index in [1.807, 2.05) is 49.8 Å². The van der Waals surface area contributed by atoms with Gasteiger partial charge >= 0.3 is 0 Å². The predicted molar refractivity (Wildman–Crippen MR) is 70.1 cm³/mol. The minimum atomic E-state index is -0.423. The number of likely N-dealkylation sites (N-methyl/N-ethyl adjacent to an activating group) is 1. The normalized spacial score (nSPS) is 14.6. The number of aromatic nitrogens is 2. The highest BCUT2D eigenvalue weighted by Crippen LogP contribution is 2.19. The molecule has 0 bridgehead atoms. The van der Waals surface area contributed by atoms with E-state index in [1.165, 1.54) is 0 Å². The van der Waals surface area contributed by atoms with Crippen molar-refractivity contribution in [2.24, 2.45) is 0 Å². The molecule has 0 aliphatic carbocycles. The zero-order valence-electron chi connectivity index (χ0n) is 11.8. The molecular formula is C13H25N3O. The zero-order valence-corrected chi connectivity index (χ0v) is 11.8. The van der Waals surface area contributed by atoms with Crippen LogP contribution in [0.15, 0.2) is 12.3 Å². The summed E-state index contributed by atoms with van der Waals surface area (Å²) >= 11 is 0. The first kappa shape index (κ1) is 14.2. The van der Waals surface area contributed by atoms with Crippen LogP contribution in [0.2, 0.25) is 0 Å². The van der Waals surface area contributed by atoms with Gasteiger partial charge in [-0.05, 0) is 47.9 Å². The molecule has 0 fully saturated rings. The Balaban J connectivity index is 2.71.